The molecular formula is C8H10I2N2. The van der Waals surface area contributed by atoms with E-state index >= 15 is 0 Å². The Morgan fingerprint density at radius 2 is 2.33 bits per heavy atom. The Bertz CT molecular complexity index is 291. The molecule has 1 aromatic heterocycles. The van der Waals surface area contributed by atoms with Gasteiger partial charge in [0.2, 0.25) is 0 Å². The molecule has 4 heteroatoms. The highest BCUT2D eigenvalue weighted by atomic mass is 127. The number of imidazole rings is 1. The number of halogens is 2. The Labute approximate surface area is 99.7 Å². The minimum atomic E-state index is 0.990. The maximum Gasteiger partial charge on any atom is 0.132 e. The van der Waals surface area contributed by atoms with Gasteiger partial charge in [0.25, 0.3) is 0 Å². The molecule has 1 heterocycles. The number of hydrogen-bond donors (Lipinski definition) is 0. The lowest BCUT2D eigenvalue weighted by Gasteiger charge is -2.02. The summed E-state index contributed by atoms with van der Waals surface area (Å²) in [6.07, 6.45) is 2.91. The second-order valence-corrected chi connectivity index (χ2v) is 4.77. The smallest absolute Gasteiger partial charge is 0.132 e. The number of hydrogen-bond acceptors (Lipinski definition) is 1. The van der Waals surface area contributed by atoms with Gasteiger partial charge in [0.15, 0.2) is 0 Å². The monoisotopic (exact) mass is 388 g/mol. The third-order valence-electron chi connectivity index (χ3n) is 1.51. The number of aromatic nitrogens is 2. The highest BCUT2D eigenvalue weighted by Crippen LogP contribution is 2.14. The van der Waals surface area contributed by atoms with Crippen LogP contribution in [-0.4, -0.2) is 9.55 Å². The summed E-state index contributed by atoms with van der Waals surface area (Å²) in [4.78, 5) is 4.21. The summed E-state index contributed by atoms with van der Waals surface area (Å²) in [5.74, 6) is 0. The predicted octanol–water partition coefficient (Wildman–Crippen LogP) is 3.06. The van der Waals surface area contributed by atoms with Gasteiger partial charge in [-0.2, -0.15) is 0 Å². The van der Waals surface area contributed by atoms with E-state index in [0.29, 0.717) is 0 Å². The van der Waals surface area contributed by atoms with Crippen molar-refractivity contribution in [2.75, 3.05) is 0 Å². The summed E-state index contributed by atoms with van der Waals surface area (Å²) in [5.41, 5.74) is 1.22. The molecule has 0 unspecified atom stereocenters. The van der Waals surface area contributed by atoms with Crippen LogP contribution >= 0.6 is 45.2 Å². The molecule has 0 radical (unpaired) electrons. The van der Waals surface area contributed by atoms with Crippen LogP contribution in [0, 0.1) is 7.40 Å². The van der Waals surface area contributed by atoms with Crippen molar-refractivity contribution in [2.24, 2.45) is 0 Å². The molecule has 0 N–H and O–H groups in total. The van der Waals surface area contributed by atoms with Gasteiger partial charge in [-0.3, -0.25) is 0 Å². The second kappa shape index (κ2) is 4.59. The molecule has 0 aliphatic rings. The summed E-state index contributed by atoms with van der Waals surface area (Å²) >= 11 is 4.55. The van der Waals surface area contributed by atoms with Crippen molar-refractivity contribution in [2.45, 2.75) is 19.9 Å². The van der Waals surface area contributed by atoms with Gasteiger partial charge in [-0.05, 0) is 58.5 Å². The Kier molecular flexibility index (Phi) is 4.01. The molecule has 0 aliphatic heterocycles. The maximum atomic E-state index is 4.21. The minimum absolute atomic E-state index is 0.990. The predicted molar refractivity (Wildman–Crippen MR) is 67.1 cm³/mol. The lowest BCUT2D eigenvalue weighted by molar-refractivity contribution is 0.678. The first-order valence-corrected chi connectivity index (χ1v) is 5.77. The molecule has 1 rings (SSSR count). The van der Waals surface area contributed by atoms with Crippen LogP contribution in [0.25, 0.3) is 0 Å². The fourth-order valence-electron chi connectivity index (χ4n) is 0.810. The fraction of sp³-hybridized carbons (Fsp3) is 0.375. The largest absolute Gasteiger partial charge is 0.325 e. The highest BCUT2D eigenvalue weighted by Gasteiger charge is 2.03. The molecule has 0 amide bonds. The van der Waals surface area contributed by atoms with E-state index in [-0.39, 0.29) is 0 Å². The van der Waals surface area contributed by atoms with E-state index in [2.05, 4.69) is 68.2 Å². The van der Waals surface area contributed by atoms with Crippen LogP contribution in [0.2, 0.25) is 0 Å². The van der Waals surface area contributed by atoms with Crippen molar-refractivity contribution in [3.05, 3.63) is 25.9 Å². The molecule has 12 heavy (non-hydrogen) atoms. The van der Waals surface area contributed by atoms with E-state index in [9.17, 15) is 0 Å². The van der Waals surface area contributed by atoms with E-state index in [1.54, 1.807) is 0 Å². The summed E-state index contributed by atoms with van der Waals surface area (Å²) in [6, 6.07) is 0. The molecule has 1 aromatic rings. The van der Waals surface area contributed by atoms with E-state index in [1.165, 1.54) is 9.27 Å². The van der Waals surface area contributed by atoms with E-state index < -0.39 is 0 Å². The van der Waals surface area contributed by atoms with E-state index in [4.69, 9.17) is 0 Å². The number of nitrogens with zero attached hydrogens (tertiary/aromatic N) is 2. The van der Waals surface area contributed by atoms with Gasteiger partial charge in [-0.15, -0.1) is 6.58 Å². The van der Waals surface area contributed by atoms with Crippen LogP contribution in [-0.2, 0) is 6.54 Å². The number of rotatable bonds is 3. The molecule has 0 saturated carbocycles. The average Bonchev–Trinajstić information content (AvgIpc) is 2.30. The van der Waals surface area contributed by atoms with Crippen molar-refractivity contribution in [3.63, 3.8) is 0 Å². The zero-order valence-corrected chi connectivity index (χ0v) is 11.2. The Morgan fingerprint density at radius 1 is 1.67 bits per heavy atom. The maximum absolute atomic E-state index is 4.21. The third kappa shape index (κ3) is 2.72. The second-order valence-electron chi connectivity index (χ2n) is 2.73. The van der Waals surface area contributed by atoms with Crippen molar-refractivity contribution < 1.29 is 0 Å². The molecule has 0 aliphatic carbocycles. The summed E-state index contributed by atoms with van der Waals surface area (Å²) < 4.78 is 4.45. The average molecular weight is 388 g/mol. The number of allylic oxidation sites excluding steroid dienone is 1. The summed E-state index contributed by atoms with van der Waals surface area (Å²) in [5, 5.41) is 0. The quantitative estimate of drug-likeness (QED) is 0.575. The third-order valence-corrected chi connectivity index (χ3v) is 4.46. The van der Waals surface area contributed by atoms with Crippen molar-refractivity contribution in [1.29, 1.82) is 0 Å². The lowest BCUT2D eigenvalue weighted by Crippen LogP contribution is -1.99. The van der Waals surface area contributed by atoms with Crippen LogP contribution in [0.1, 0.15) is 13.3 Å². The molecule has 0 spiro atoms. The Balaban J connectivity index is 2.63. The van der Waals surface area contributed by atoms with Gasteiger partial charge in [-0.1, -0.05) is 5.57 Å². The Morgan fingerprint density at radius 3 is 2.75 bits per heavy atom. The first kappa shape index (κ1) is 10.5. The van der Waals surface area contributed by atoms with Gasteiger partial charge < -0.3 is 4.57 Å². The zero-order valence-electron chi connectivity index (χ0n) is 6.85. The van der Waals surface area contributed by atoms with Gasteiger partial charge in [0.05, 0.1) is 6.33 Å². The van der Waals surface area contributed by atoms with Crippen LogP contribution < -0.4 is 0 Å². The fourth-order valence-corrected chi connectivity index (χ4v) is 1.75. The normalized spacial score (nSPS) is 10.2. The first-order valence-electron chi connectivity index (χ1n) is 3.61. The van der Waals surface area contributed by atoms with Crippen molar-refractivity contribution in [3.8, 4) is 0 Å². The summed E-state index contributed by atoms with van der Waals surface area (Å²) in [7, 11) is 0. The molecule has 0 bridgehead atoms. The standard InChI is InChI=1S/C8H10I2N2/c1-6(2)3-4-12-5-11-7(9)8(12)10/h5H,1,3-4H2,2H3. The first-order chi connectivity index (χ1) is 5.61. The molecule has 0 saturated heterocycles. The van der Waals surface area contributed by atoms with Gasteiger partial charge in [0.1, 0.15) is 7.40 Å². The Hall–Kier alpha value is 0.410. The zero-order chi connectivity index (χ0) is 9.14. The van der Waals surface area contributed by atoms with Crippen molar-refractivity contribution >= 4 is 45.2 Å². The number of aryl methyl sites for hydroxylation is 1. The molecular weight excluding hydrogens is 378 g/mol. The van der Waals surface area contributed by atoms with Gasteiger partial charge >= 0.3 is 0 Å². The minimum Gasteiger partial charge on any atom is -0.325 e. The molecule has 66 valence electrons. The molecule has 0 aromatic carbocycles. The topological polar surface area (TPSA) is 17.8 Å². The molecule has 0 fully saturated rings. The van der Waals surface area contributed by atoms with Crippen LogP contribution in [0.4, 0.5) is 0 Å². The van der Waals surface area contributed by atoms with E-state index in [0.717, 1.165) is 16.7 Å². The molecule has 0 atom stereocenters. The van der Waals surface area contributed by atoms with Crippen LogP contribution in [0.3, 0.4) is 0 Å². The molecule has 2 nitrogen and oxygen atoms in total. The van der Waals surface area contributed by atoms with E-state index in [1.807, 2.05) is 6.33 Å². The van der Waals surface area contributed by atoms with Crippen molar-refractivity contribution in [1.82, 2.24) is 9.55 Å². The lowest BCUT2D eigenvalue weighted by atomic mass is 10.2. The summed E-state index contributed by atoms with van der Waals surface area (Å²) in [6.45, 7) is 6.91. The van der Waals surface area contributed by atoms with Gasteiger partial charge in [-0.25, -0.2) is 4.98 Å². The SMILES string of the molecule is C=C(C)CCn1cnc(I)c1I. The highest BCUT2D eigenvalue weighted by molar-refractivity contribution is 14.1. The van der Waals surface area contributed by atoms with Crippen LogP contribution in [0.15, 0.2) is 18.5 Å². The van der Waals surface area contributed by atoms with Gasteiger partial charge in [0, 0.05) is 6.54 Å². The van der Waals surface area contributed by atoms with Crippen LogP contribution in [0.5, 0.6) is 0 Å².